The van der Waals surface area contributed by atoms with Crippen molar-refractivity contribution in [2.75, 3.05) is 18.6 Å². The molecule has 0 radical (unpaired) electrons. The third-order valence-corrected chi connectivity index (χ3v) is 3.33. The van der Waals surface area contributed by atoms with Gasteiger partial charge < -0.3 is 9.64 Å². The summed E-state index contributed by atoms with van der Waals surface area (Å²) in [4.78, 5) is 24.8. The number of hydrogen-bond donors (Lipinski definition) is 1. The molecule has 4 nitrogen and oxygen atoms in total. The minimum Gasteiger partial charge on any atom is -0.496 e. The third-order valence-electron chi connectivity index (χ3n) is 2.98. The predicted octanol–water partition coefficient (Wildman–Crippen LogP) is 1.93. The number of thiol groups is 1. The summed E-state index contributed by atoms with van der Waals surface area (Å²) in [6.07, 6.45) is 0.444. The Bertz CT molecular complexity index is 501. The van der Waals surface area contributed by atoms with Crippen molar-refractivity contribution >= 4 is 30.0 Å². The molecule has 2 rings (SSSR count). The summed E-state index contributed by atoms with van der Waals surface area (Å²) in [7, 11) is 1.51. The monoisotopic (exact) mass is 265 g/mol. The van der Waals surface area contributed by atoms with E-state index in [-0.39, 0.29) is 16.9 Å². The molecule has 1 fully saturated rings. The van der Waals surface area contributed by atoms with Crippen LogP contribution in [0.1, 0.15) is 23.7 Å². The molecule has 0 bridgehead atoms. The molecule has 0 aromatic heterocycles. The molecule has 1 aliphatic heterocycles. The van der Waals surface area contributed by atoms with Crippen LogP contribution >= 0.6 is 12.6 Å². The number of benzene rings is 1. The highest BCUT2D eigenvalue weighted by molar-refractivity contribution is 7.81. The zero-order valence-electron chi connectivity index (χ0n) is 10.3. The van der Waals surface area contributed by atoms with Crippen molar-refractivity contribution in [3.8, 4) is 5.75 Å². The van der Waals surface area contributed by atoms with Gasteiger partial charge in [-0.05, 0) is 19.1 Å². The highest BCUT2D eigenvalue weighted by Gasteiger charge is 2.28. The average Bonchev–Trinajstić information content (AvgIpc) is 2.67. The van der Waals surface area contributed by atoms with Gasteiger partial charge in [0.2, 0.25) is 5.91 Å². The van der Waals surface area contributed by atoms with Crippen molar-refractivity contribution in [1.82, 2.24) is 0 Å². The van der Waals surface area contributed by atoms with Crippen LogP contribution in [0.2, 0.25) is 0 Å². The molecule has 0 spiro atoms. The van der Waals surface area contributed by atoms with Crippen molar-refractivity contribution in [3.63, 3.8) is 0 Å². The van der Waals surface area contributed by atoms with Crippen molar-refractivity contribution in [3.05, 3.63) is 23.8 Å². The number of carbonyl (C=O) groups excluding carboxylic acids is 2. The molecule has 1 amide bonds. The minimum absolute atomic E-state index is 0.0487. The van der Waals surface area contributed by atoms with E-state index in [0.29, 0.717) is 24.3 Å². The summed E-state index contributed by atoms with van der Waals surface area (Å²) in [6, 6.07) is 5.18. The quantitative estimate of drug-likeness (QED) is 0.671. The number of rotatable bonds is 3. The Labute approximate surface area is 111 Å². The number of hydrogen-bond acceptors (Lipinski definition) is 4. The van der Waals surface area contributed by atoms with E-state index in [0.717, 1.165) is 5.69 Å². The molecule has 1 aromatic rings. The lowest BCUT2D eigenvalue weighted by Crippen LogP contribution is -2.24. The average molecular weight is 265 g/mol. The molecule has 5 heteroatoms. The highest BCUT2D eigenvalue weighted by atomic mass is 32.1. The van der Waals surface area contributed by atoms with Crippen molar-refractivity contribution in [1.29, 1.82) is 0 Å². The van der Waals surface area contributed by atoms with Crippen LogP contribution < -0.4 is 9.64 Å². The van der Waals surface area contributed by atoms with E-state index < -0.39 is 0 Å². The van der Waals surface area contributed by atoms with Crippen LogP contribution in [0.25, 0.3) is 0 Å². The van der Waals surface area contributed by atoms with Crippen LogP contribution in [0, 0.1) is 0 Å². The van der Waals surface area contributed by atoms with Gasteiger partial charge in [-0.15, -0.1) is 0 Å². The molecule has 0 saturated carbocycles. The topological polar surface area (TPSA) is 46.6 Å². The fourth-order valence-electron chi connectivity index (χ4n) is 2.08. The van der Waals surface area contributed by atoms with Gasteiger partial charge >= 0.3 is 0 Å². The van der Waals surface area contributed by atoms with E-state index in [4.69, 9.17) is 4.74 Å². The fraction of sp³-hybridized carbons (Fsp3) is 0.385. The number of carbonyl (C=O) groups is 2. The predicted molar refractivity (Wildman–Crippen MR) is 72.7 cm³/mol. The molecule has 0 N–H and O–H groups in total. The van der Waals surface area contributed by atoms with Gasteiger partial charge in [0.05, 0.1) is 12.7 Å². The van der Waals surface area contributed by atoms with E-state index in [1.54, 1.807) is 23.1 Å². The number of ketones is 1. The van der Waals surface area contributed by atoms with Crippen LogP contribution in [0.15, 0.2) is 18.2 Å². The Kier molecular flexibility index (Phi) is 3.61. The first kappa shape index (κ1) is 13.0. The summed E-state index contributed by atoms with van der Waals surface area (Å²) in [5, 5.41) is 0.0657. The van der Waals surface area contributed by atoms with Gasteiger partial charge in [0.25, 0.3) is 0 Å². The molecule has 0 aliphatic carbocycles. The molecule has 18 heavy (non-hydrogen) atoms. The Morgan fingerprint density at radius 3 is 2.72 bits per heavy atom. The first-order chi connectivity index (χ1) is 8.52. The van der Waals surface area contributed by atoms with E-state index >= 15 is 0 Å². The zero-order valence-corrected chi connectivity index (χ0v) is 11.2. The van der Waals surface area contributed by atoms with Crippen molar-refractivity contribution < 1.29 is 14.3 Å². The molecule has 96 valence electrons. The first-order valence-corrected chi connectivity index (χ1v) is 6.22. The lowest BCUT2D eigenvalue weighted by Gasteiger charge is -2.17. The summed E-state index contributed by atoms with van der Waals surface area (Å²) in [5.74, 6) is 0.487. The molecule has 1 aliphatic rings. The second kappa shape index (κ2) is 5.02. The summed E-state index contributed by atoms with van der Waals surface area (Å²) >= 11 is 4.32. The van der Waals surface area contributed by atoms with Crippen molar-refractivity contribution in [2.24, 2.45) is 0 Å². The number of ether oxygens (including phenoxy) is 1. The van der Waals surface area contributed by atoms with Gasteiger partial charge in [0, 0.05) is 30.0 Å². The van der Waals surface area contributed by atoms with E-state index in [9.17, 15) is 9.59 Å². The second-order valence-electron chi connectivity index (χ2n) is 4.30. The van der Waals surface area contributed by atoms with Gasteiger partial charge in [-0.25, -0.2) is 0 Å². The number of Topliss-reactive ketones (excluding diaryl/α,β-unsaturated/α-hetero) is 1. The largest absolute Gasteiger partial charge is 0.496 e. The van der Waals surface area contributed by atoms with Crippen LogP contribution in [0.3, 0.4) is 0 Å². The minimum atomic E-state index is -0.0572. The summed E-state index contributed by atoms with van der Waals surface area (Å²) in [6.45, 7) is 2.08. The zero-order chi connectivity index (χ0) is 13.3. The number of methoxy groups -OCH3 is 1. The van der Waals surface area contributed by atoms with Gasteiger partial charge in [0.1, 0.15) is 5.75 Å². The smallest absolute Gasteiger partial charge is 0.228 e. The maximum atomic E-state index is 11.8. The number of anilines is 1. The lowest BCUT2D eigenvalue weighted by molar-refractivity contribution is -0.117. The molecule has 1 aromatic carbocycles. The maximum Gasteiger partial charge on any atom is 0.228 e. The van der Waals surface area contributed by atoms with E-state index in [1.807, 2.05) is 0 Å². The normalized spacial score (nSPS) is 19.2. The van der Waals surface area contributed by atoms with E-state index in [1.165, 1.54) is 14.0 Å². The van der Waals surface area contributed by atoms with Crippen LogP contribution in [-0.4, -0.2) is 30.6 Å². The maximum absolute atomic E-state index is 11.8. The standard InChI is InChI=1S/C13H15NO3S/c1-8(15)11-4-3-9(5-12(11)17-2)14-7-10(18)6-13(14)16/h3-5,10,18H,6-7H2,1-2H3. The molecule has 1 unspecified atom stereocenters. The van der Waals surface area contributed by atoms with Crippen LogP contribution in [-0.2, 0) is 4.79 Å². The Hall–Kier alpha value is -1.49. The Balaban J connectivity index is 2.36. The van der Waals surface area contributed by atoms with Gasteiger partial charge in [-0.1, -0.05) is 0 Å². The lowest BCUT2D eigenvalue weighted by atomic mass is 10.1. The van der Waals surface area contributed by atoms with Gasteiger partial charge in [-0.2, -0.15) is 12.6 Å². The van der Waals surface area contributed by atoms with Crippen LogP contribution in [0.4, 0.5) is 5.69 Å². The molecule has 1 heterocycles. The number of amides is 1. The Morgan fingerprint density at radius 1 is 1.50 bits per heavy atom. The van der Waals surface area contributed by atoms with E-state index in [2.05, 4.69) is 12.6 Å². The second-order valence-corrected chi connectivity index (χ2v) is 5.03. The summed E-state index contributed by atoms with van der Waals surface area (Å²) in [5.41, 5.74) is 1.27. The molecular formula is C13H15NO3S. The molecular weight excluding hydrogens is 250 g/mol. The van der Waals surface area contributed by atoms with Gasteiger partial charge in [0.15, 0.2) is 5.78 Å². The fourth-order valence-corrected chi connectivity index (χ4v) is 2.40. The van der Waals surface area contributed by atoms with Gasteiger partial charge in [-0.3, -0.25) is 9.59 Å². The highest BCUT2D eigenvalue weighted by Crippen LogP contribution is 2.29. The number of nitrogens with zero attached hydrogens (tertiary/aromatic N) is 1. The first-order valence-electron chi connectivity index (χ1n) is 5.70. The SMILES string of the molecule is COc1cc(N2CC(S)CC2=O)ccc1C(C)=O. The van der Waals surface area contributed by atoms with Crippen LogP contribution in [0.5, 0.6) is 5.75 Å². The van der Waals surface area contributed by atoms with Crippen molar-refractivity contribution in [2.45, 2.75) is 18.6 Å². The third kappa shape index (κ3) is 2.36. The summed E-state index contributed by atoms with van der Waals surface area (Å²) < 4.78 is 5.19. The molecule has 1 saturated heterocycles. The molecule has 1 atom stereocenters. The Morgan fingerprint density at radius 2 is 2.22 bits per heavy atom.